The number of esters is 1. The van der Waals surface area contributed by atoms with Gasteiger partial charge in [0.1, 0.15) is 11.6 Å². The smallest absolute Gasteiger partial charge is 0.306 e. The number of hydrogen-bond donors (Lipinski definition) is 0. The molecule has 0 spiro atoms. The molecule has 1 heterocycles. The van der Waals surface area contributed by atoms with E-state index in [9.17, 15) is 9.18 Å². The zero-order valence-electron chi connectivity index (χ0n) is 20.2. The van der Waals surface area contributed by atoms with E-state index in [0.717, 1.165) is 37.1 Å². The summed E-state index contributed by atoms with van der Waals surface area (Å²) in [7, 11) is 0. The van der Waals surface area contributed by atoms with Crippen molar-refractivity contribution in [1.29, 1.82) is 0 Å². The van der Waals surface area contributed by atoms with Crippen LogP contribution >= 0.6 is 0 Å². The highest BCUT2D eigenvalue weighted by atomic mass is 19.1. The fourth-order valence-electron chi connectivity index (χ4n) is 5.57. The van der Waals surface area contributed by atoms with Gasteiger partial charge in [0, 0.05) is 17.9 Å². The molecular weight excluding hydrogens is 433 g/mol. The summed E-state index contributed by atoms with van der Waals surface area (Å²) in [6.45, 7) is 6.47. The van der Waals surface area contributed by atoms with Gasteiger partial charge in [-0.1, -0.05) is 29.4 Å². The van der Waals surface area contributed by atoms with E-state index in [1.807, 2.05) is 19.9 Å². The van der Waals surface area contributed by atoms with Crippen molar-refractivity contribution in [3.05, 3.63) is 64.3 Å². The molecule has 180 valence electrons. The van der Waals surface area contributed by atoms with Gasteiger partial charge in [0.15, 0.2) is 0 Å². The summed E-state index contributed by atoms with van der Waals surface area (Å²) >= 11 is 0. The van der Waals surface area contributed by atoms with Crippen LogP contribution in [0.25, 0.3) is 11.5 Å². The van der Waals surface area contributed by atoms with Crippen molar-refractivity contribution in [2.75, 3.05) is 13.2 Å². The highest BCUT2D eigenvalue weighted by Gasteiger charge is 2.57. The van der Waals surface area contributed by atoms with Gasteiger partial charge in [0.25, 0.3) is 0 Å². The molecule has 1 fully saturated rings. The second-order valence-electron chi connectivity index (χ2n) is 9.70. The Balaban J connectivity index is 1.21. The van der Waals surface area contributed by atoms with Crippen LogP contribution in [0.4, 0.5) is 4.39 Å². The van der Waals surface area contributed by atoms with Crippen LogP contribution in [0.2, 0.25) is 0 Å². The molecule has 0 radical (unpaired) electrons. The maximum atomic E-state index is 14.0. The minimum absolute atomic E-state index is 0.0945. The molecule has 3 aliphatic rings. The van der Waals surface area contributed by atoms with E-state index >= 15 is 0 Å². The molecule has 5 rings (SSSR count). The molecule has 2 aromatic rings. The topological polar surface area (TPSA) is 61.6 Å². The van der Waals surface area contributed by atoms with Gasteiger partial charge in [-0.15, -0.1) is 0 Å². The molecule has 1 aromatic carbocycles. The molecule has 1 aromatic heterocycles. The van der Waals surface area contributed by atoms with Crippen LogP contribution in [0.1, 0.15) is 56.0 Å². The van der Waals surface area contributed by atoms with E-state index < -0.39 is 0 Å². The Morgan fingerprint density at radius 2 is 2.15 bits per heavy atom. The van der Waals surface area contributed by atoms with Gasteiger partial charge in [0.2, 0.25) is 5.89 Å². The Morgan fingerprint density at radius 1 is 1.29 bits per heavy atom. The molecule has 0 N–H and O–H groups in total. The lowest BCUT2D eigenvalue weighted by molar-refractivity contribution is -0.143. The number of ether oxygens (including phenoxy) is 2. The van der Waals surface area contributed by atoms with E-state index in [0.29, 0.717) is 54.9 Å². The fourth-order valence-corrected chi connectivity index (χ4v) is 5.57. The Hall–Kier alpha value is -2.73. The average Bonchev–Trinajstić information content (AvgIpc) is 3.23. The van der Waals surface area contributed by atoms with Crippen molar-refractivity contribution in [3.63, 3.8) is 0 Å². The number of hydrogen-bond acceptors (Lipinski definition) is 5. The van der Waals surface area contributed by atoms with Gasteiger partial charge in [-0.2, -0.15) is 0 Å². The molecule has 0 amide bonds. The molecule has 0 saturated heterocycles. The van der Waals surface area contributed by atoms with E-state index in [1.165, 1.54) is 17.2 Å². The third kappa shape index (κ3) is 4.36. The molecule has 34 heavy (non-hydrogen) atoms. The highest BCUT2D eigenvalue weighted by molar-refractivity contribution is 5.70. The Bertz CT molecular complexity index is 1160. The van der Waals surface area contributed by atoms with Gasteiger partial charge in [-0.25, -0.2) is 9.37 Å². The summed E-state index contributed by atoms with van der Waals surface area (Å²) in [4.78, 5) is 16.5. The third-order valence-corrected chi connectivity index (χ3v) is 7.51. The number of rotatable bonds is 8. The normalized spacial score (nSPS) is 25.2. The Labute approximate surface area is 200 Å². The van der Waals surface area contributed by atoms with Crippen LogP contribution in [0, 0.1) is 31.5 Å². The second-order valence-corrected chi connectivity index (χ2v) is 9.70. The number of carbonyl (C=O) groups is 1. The maximum Gasteiger partial charge on any atom is 0.306 e. The van der Waals surface area contributed by atoms with E-state index in [2.05, 4.69) is 17.1 Å². The predicted molar refractivity (Wildman–Crippen MR) is 127 cm³/mol. The summed E-state index contributed by atoms with van der Waals surface area (Å²) in [6, 6.07) is 5.03. The van der Waals surface area contributed by atoms with Crippen LogP contribution in [0.15, 0.2) is 45.9 Å². The highest BCUT2D eigenvalue weighted by Crippen LogP contribution is 2.59. The molecular formula is C28H32FNO4. The van der Waals surface area contributed by atoms with Crippen LogP contribution in [0.5, 0.6) is 0 Å². The number of aromatic nitrogens is 1. The molecule has 3 aliphatic carbocycles. The van der Waals surface area contributed by atoms with Gasteiger partial charge < -0.3 is 13.9 Å². The number of carbonyl (C=O) groups excluding carboxylic acids is 1. The van der Waals surface area contributed by atoms with Crippen molar-refractivity contribution in [3.8, 4) is 11.5 Å². The summed E-state index contributed by atoms with van der Waals surface area (Å²) in [6.07, 6.45) is 9.53. The van der Waals surface area contributed by atoms with E-state index in [-0.39, 0.29) is 17.4 Å². The van der Waals surface area contributed by atoms with Crippen molar-refractivity contribution >= 4 is 5.97 Å². The van der Waals surface area contributed by atoms with E-state index in [1.54, 1.807) is 13.0 Å². The predicted octanol–water partition coefficient (Wildman–Crippen LogP) is 6.04. The van der Waals surface area contributed by atoms with Crippen molar-refractivity contribution in [2.45, 2.75) is 64.9 Å². The van der Waals surface area contributed by atoms with Crippen LogP contribution in [-0.2, 0) is 20.7 Å². The Morgan fingerprint density at radius 3 is 2.94 bits per heavy atom. The van der Waals surface area contributed by atoms with Gasteiger partial charge in [-0.05, 0) is 70.1 Å². The minimum Gasteiger partial charge on any atom is -0.466 e. The molecule has 5 nitrogen and oxygen atoms in total. The molecule has 1 saturated carbocycles. The lowest BCUT2D eigenvalue weighted by atomic mass is 9.94. The lowest BCUT2D eigenvalue weighted by Gasteiger charge is -2.14. The number of allylic oxidation sites excluding steroid dienone is 2. The molecule has 2 unspecified atom stereocenters. The van der Waals surface area contributed by atoms with Crippen molar-refractivity contribution in [1.82, 2.24) is 4.98 Å². The number of oxazole rings is 1. The standard InChI is InChI=1S/C28H32FNO4/c1-4-32-26(31)15-19-9-10-22-21(19)6-5-12-28(16-23(22)28)33-13-11-25-18(3)30-27(34-25)20-8-7-17(2)24(29)14-20/h5,7-8,12,14,19,23H,4,6,9-11,13,15-16H2,1-3H3/t19-,23?,28?/m0/s1. The summed E-state index contributed by atoms with van der Waals surface area (Å²) in [5.74, 6) is 1.58. The minimum atomic E-state index is -0.262. The Kier molecular flexibility index (Phi) is 6.19. The first kappa shape index (κ1) is 23.0. The SMILES string of the molecule is CCOC(=O)C[C@@H]1CCC2=C1CC=CC1(OCCc3oc(-c4ccc(C)c(F)c4)nc3C)CC21. The molecule has 0 aliphatic heterocycles. The number of fused-ring (bicyclic) bond motifs is 2. The van der Waals surface area contributed by atoms with Crippen LogP contribution in [-0.4, -0.2) is 29.8 Å². The third-order valence-electron chi connectivity index (χ3n) is 7.51. The molecule has 3 atom stereocenters. The monoisotopic (exact) mass is 465 g/mol. The zero-order valence-corrected chi connectivity index (χ0v) is 20.2. The van der Waals surface area contributed by atoms with Gasteiger partial charge >= 0.3 is 5.97 Å². The van der Waals surface area contributed by atoms with E-state index in [4.69, 9.17) is 13.9 Å². The maximum absolute atomic E-state index is 14.0. The zero-order chi connectivity index (χ0) is 23.9. The van der Waals surface area contributed by atoms with Crippen LogP contribution < -0.4 is 0 Å². The number of nitrogens with zero attached hydrogens (tertiary/aromatic N) is 1. The van der Waals surface area contributed by atoms with Crippen molar-refractivity contribution in [2.24, 2.45) is 11.8 Å². The summed E-state index contributed by atoms with van der Waals surface area (Å²) in [5, 5.41) is 0. The molecule has 6 heteroatoms. The fraction of sp³-hybridized carbons (Fsp3) is 0.500. The summed E-state index contributed by atoms with van der Waals surface area (Å²) < 4.78 is 31.5. The first-order valence-electron chi connectivity index (χ1n) is 12.3. The van der Waals surface area contributed by atoms with Crippen molar-refractivity contribution < 1.29 is 23.1 Å². The van der Waals surface area contributed by atoms with Gasteiger partial charge in [-0.3, -0.25) is 4.79 Å². The molecule has 0 bridgehead atoms. The lowest BCUT2D eigenvalue weighted by Crippen LogP contribution is -2.16. The number of benzene rings is 1. The first-order chi connectivity index (χ1) is 16.4. The average molecular weight is 466 g/mol. The van der Waals surface area contributed by atoms with Gasteiger partial charge in [0.05, 0.1) is 30.9 Å². The van der Waals surface area contributed by atoms with Crippen LogP contribution in [0.3, 0.4) is 0 Å². The summed E-state index contributed by atoms with van der Waals surface area (Å²) in [5.41, 5.74) is 4.75. The first-order valence-corrected chi connectivity index (χ1v) is 12.3. The number of halogens is 1. The second kappa shape index (κ2) is 9.14. The quantitative estimate of drug-likeness (QED) is 0.352. The number of aryl methyl sites for hydroxylation is 2. The largest absolute Gasteiger partial charge is 0.466 e.